The first kappa shape index (κ1) is 10.1. The van der Waals surface area contributed by atoms with E-state index in [2.05, 4.69) is 19.1 Å². The molecule has 0 aliphatic rings. The molecule has 0 aromatic heterocycles. The Morgan fingerprint density at radius 3 is 2.33 bits per heavy atom. The van der Waals surface area contributed by atoms with E-state index in [-0.39, 0.29) is 0 Å². The fraction of sp³-hybridized carbons (Fsp3) is 0.333. The predicted molar refractivity (Wildman–Crippen MR) is 58.5 cm³/mol. The maximum atomic E-state index is 5.83. The van der Waals surface area contributed by atoms with Crippen LogP contribution in [0.1, 0.15) is 18.4 Å². The molecule has 1 aromatic rings. The van der Waals surface area contributed by atoms with Gasteiger partial charge in [0, 0.05) is 0 Å². The smallest absolute Gasteiger partial charge is 0.150 e. The molecular formula is C9H12Cl2Si. The van der Waals surface area contributed by atoms with Crippen LogP contribution in [-0.4, -0.2) is 7.42 Å². The first-order chi connectivity index (χ1) is 5.70. The molecule has 0 radical (unpaired) electrons. The lowest BCUT2D eigenvalue weighted by Gasteiger charge is -2.10. The van der Waals surface area contributed by atoms with Gasteiger partial charge in [-0.15, -0.1) is 0 Å². The average molecular weight is 219 g/mol. The molecule has 12 heavy (non-hydrogen) atoms. The van der Waals surface area contributed by atoms with E-state index >= 15 is 0 Å². The largest absolute Gasteiger partial charge is 0.237 e. The zero-order valence-corrected chi connectivity index (χ0v) is 9.67. The Balaban J connectivity index is 2.59. The third-order valence-electron chi connectivity index (χ3n) is 1.90. The maximum absolute atomic E-state index is 5.83. The Morgan fingerprint density at radius 2 is 1.83 bits per heavy atom. The minimum absolute atomic E-state index is 0.498. The van der Waals surface area contributed by atoms with Gasteiger partial charge in [0.05, 0.1) is 0 Å². The maximum Gasteiger partial charge on any atom is 0.237 e. The summed E-state index contributed by atoms with van der Waals surface area (Å²) in [6.45, 7) is 2.17. The van der Waals surface area contributed by atoms with E-state index in [1.807, 2.05) is 18.2 Å². The molecule has 1 rings (SSSR count). The van der Waals surface area contributed by atoms with E-state index in [1.54, 1.807) is 0 Å². The van der Waals surface area contributed by atoms with Crippen LogP contribution in [0, 0.1) is 0 Å². The molecule has 0 spiro atoms. The summed E-state index contributed by atoms with van der Waals surface area (Å²) >= 11 is 11.7. The lowest BCUT2D eigenvalue weighted by molar-refractivity contribution is 0.861. The van der Waals surface area contributed by atoms with Crippen molar-refractivity contribution in [3.8, 4) is 0 Å². The van der Waals surface area contributed by atoms with Gasteiger partial charge in [-0.3, -0.25) is 0 Å². The second kappa shape index (κ2) is 4.90. The van der Waals surface area contributed by atoms with Crippen LogP contribution in [0.4, 0.5) is 0 Å². The SMILES string of the molecule is CC(C[SiH](Cl)Cl)c1ccccc1. The highest BCUT2D eigenvalue weighted by molar-refractivity contribution is 7.33. The van der Waals surface area contributed by atoms with E-state index in [9.17, 15) is 0 Å². The number of benzene rings is 1. The topological polar surface area (TPSA) is 0 Å². The monoisotopic (exact) mass is 218 g/mol. The third kappa shape index (κ3) is 3.17. The molecule has 0 aliphatic carbocycles. The van der Waals surface area contributed by atoms with Gasteiger partial charge in [-0.05, 0) is 17.5 Å². The van der Waals surface area contributed by atoms with Crippen LogP contribution >= 0.6 is 22.2 Å². The minimum atomic E-state index is -1.45. The molecule has 0 aliphatic heterocycles. The fourth-order valence-corrected chi connectivity index (χ4v) is 3.60. The van der Waals surface area contributed by atoms with Gasteiger partial charge < -0.3 is 0 Å². The number of hydrogen-bond donors (Lipinski definition) is 0. The third-order valence-corrected chi connectivity index (χ3v) is 4.03. The number of hydrogen-bond acceptors (Lipinski definition) is 0. The van der Waals surface area contributed by atoms with E-state index in [1.165, 1.54) is 5.56 Å². The summed E-state index contributed by atoms with van der Waals surface area (Å²) in [5.41, 5.74) is 1.33. The van der Waals surface area contributed by atoms with Gasteiger partial charge in [0.1, 0.15) is 0 Å². The van der Waals surface area contributed by atoms with Gasteiger partial charge >= 0.3 is 0 Å². The van der Waals surface area contributed by atoms with Crippen molar-refractivity contribution in [3.05, 3.63) is 35.9 Å². The zero-order chi connectivity index (χ0) is 8.97. The Morgan fingerprint density at radius 1 is 1.25 bits per heavy atom. The van der Waals surface area contributed by atoms with Crippen LogP contribution in [0.15, 0.2) is 30.3 Å². The van der Waals surface area contributed by atoms with Crippen molar-refractivity contribution in [2.45, 2.75) is 18.9 Å². The van der Waals surface area contributed by atoms with Gasteiger partial charge in [-0.1, -0.05) is 37.3 Å². The highest BCUT2D eigenvalue weighted by Gasteiger charge is 2.10. The van der Waals surface area contributed by atoms with Crippen LogP contribution in [0.5, 0.6) is 0 Å². The van der Waals surface area contributed by atoms with Crippen molar-refractivity contribution in [2.75, 3.05) is 0 Å². The summed E-state index contributed by atoms with van der Waals surface area (Å²) in [7, 11) is -1.45. The quantitative estimate of drug-likeness (QED) is 0.539. The van der Waals surface area contributed by atoms with Crippen molar-refractivity contribution in [1.82, 2.24) is 0 Å². The van der Waals surface area contributed by atoms with Gasteiger partial charge in [-0.2, -0.15) is 22.2 Å². The predicted octanol–water partition coefficient (Wildman–Crippen LogP) is 3.49. The van der Waals surface area contributed by atoms with Gasteiger partial charge in [0.2, 0.25) is 7.42 Å². The fourth-order valence-electron chi connectivity index (χ4n) is 1.18. The van der Waals surface area contributed by atoms with Crippen molar-refractivity contribution in [2.24, 2.45) is 0 Å². The molecule has 0 N–H and O–H groups in total. The second-order valence-corrected chi connectivity index (χ2v) is 8.02. The molecule has 0 saturated carbocycles. The minimum Gasteiger partial charge on any atom is -0.150 e. The highest BCUT2D eigenvalue weighted by atomic mass is 35.7. The lowest BCUT2D eigenvalue weighted by Crippen LogP contribution is -2.00. The summed E-state index contributed by atoms with van der Waals surface area (Å²) in [4.78, 5) is 0. The normalized spacial score (nSPS) is 13.3. The molecule has 0 heterocycles. The summed E-state index contributed by atoms with van der Waals surface area (Å²) in [6, 6.07) is 11.3. The number of halogens is 2. The second-order valence-electron chi connectivity index (χ2n) is 2.94. The molecule has 66 valence electrons. The first-order valence-electron chi connectivity index (χ1n) is 4.03. The molecule has 1 aromatic carbocycles. The molecule has 0 bridgehead atoms. The zero-order valence-electron chi connectivity index (χ0n) is 7.00. The van der Waals surface area contributed by atoms with Crippen LogP contribution < -0.4 is 0 Å². The Kier molecular flexibility index (Phi) is 4.13. The molecule has 0 nitrogen and oxygen atoms in total. The molecule has 0 saturated heterocycles. The van der Waals surface area contributed by atoms with Crippen LogP contribution in [0.25, 0.3) is 0 Å². The van der Waals surface area contributed by atoms with Crippen molar-refractivity contribution < 1.29 is 0 Å². The van der Waals surface area contributed by atoms with Crippen LogP contribution in [-0.2, 0) is 0 Å². The summed E-state index contributed by atoms with van der Waals surface area (Å²) in [6.07, 6.45) is 0. The molecule has 1 unspecified atom stereocenters. The van der Waals surface area contributed by atoms with E-state index in [4.69, 9.17) is 22.2 Å². The Bertz CT molecular complexity index is 223. The highest BCUT2D eigenvalue weighted by Crippen LogP contribution is 2.23. The summed E-state index contributed by atoms with van der Waals surface area (Å²) < 4.78 is 0. The van der Waals surface area contributed by atoms with E-state index in [0.29, 0.717) is 5.92 Å². The Labute approximate surface area is 84.5 Å². The van der Waals surface area contributed by atoms with Crippen LogP contribution in [0.2, 0.25) is 6.04 Å². The van der Waals surface area contributed by atoms with Crippen molar-refractivity contribution >= 4 is 29.6 Å². The van der Waals surface area contributed by atoms with Gasteiger partial charge in [0.25, 0.3) is 0 Å². The van der Waals surface area contributed by atoms with E-state index < -0.39 is 7.42 Å². The average Bonchev–Trinajstić information content (AvgIpc) is 2.05. The van der Waals surface area contributed by atoms with Gasteiger partial charge in [-0.25, -0.2) is 0 Å². The van der Waals surface area contributed by atoms with Crippen molar-refractivity contribution in [3.63, 3.8) is 0 Å². The summed E-state index contributed by atoms with van der Waals surface area (Å²) in [5, 5.41) is 0. The molecular weight excluding hydrogens is 207 g/mol. The number of rotatable bonds is 3. The summed E-state index contributed by atoms with van der Waals surface area (Å²) in [5.74, 6) is 0.498. The van der Waals surface area contributed by atoms with Crippen LogP contribution in [0.3, 0.4) is 0 Å². The molecule has 0 amide bonds. The molecule has 3 heteroatoms. The van der Waals surface area contributed by atoms with E-state index in [0.717, 1.165) is 6.04 Å². The molecule has 0 fully saturated rings. The van der Waals surface area contributed by atoms with Crippen molar-refractivity contribution in [1.29, 1.82) is 0 Å². The molecule has 1 atom stereocenters. The van der Waals surface area contributed by atoms with Gasteiger partial charge in [0.15, 0.2) is 0 Å². The first-order valence-corrected chi connectivity index (χ1v) is 8.34. The standard InChI is InChI=1S/C9H12Cl2Si/c1-8(7-12(10)11)9-5-3-2-4-6-9/h2-6,8,12H,7H2,1H3. The Hall–Kier alpha value is 0.0169. The lowest BCUT2D eigenvalue weighted by atomic mass is 10.0.